The van der Waals surface area contributed by atoms with Gasteiger partial charge in [0.1, 0.15) is 0 Å². The molecule has 15 heavy (non-hydrogen) atoms. The van der Waals surface area contributed by atoms with Gasteiger partial charge in [-0.05, 0) is 10.9 Å². The third kappa shape index (κ3) is 1.47. The average Bonchev–Trinajstić information content (AvgIpc) is 2.67. The van der Waals surface area contributed by atoms with E-state index in [1.807, 2.05) is 0 Å². The number of benzene rings is 1. The van der Waals surface area contributed by atoms with Crippen molar-refractivity contribution in [2.45, 2.75) is 5.33 Å². The van der Waals surface area contributed by atoms with Crippen LogP contribution in [-0.2, 0) is 5.33 Å². The summed E-state index contributed by atoms with van der Waals surface area (Å²) in [6, 6.07) is 0. The maximum absolute atomic E-state index is 13.3. The first-order valence-corrected chi connectivity index (χ1v) is 5.86. The Hall–Kier alpha value is -0.620. The van der Waals surface area contributed by atoms with E-state index in [2.05, 4.69) is 15.9 Å². The highest BCUT2D eigenvalue weighted by molar-refractivity contribution is 9.08. The van der Waals surface area contributed by atoms with Gasteiger partial charge in [-0.1, -0.05) is 15.9 Å². The van der Waals surface area contributed by atoms with Gasteiger partial charge in [-0.2, -0.15) is 0 Å². The van der Waals surface area contributed by atoms with Crippen molar-refractivity contribution in [3.8, 4) is 0 Å². The largest absolute Gasteiger partial charge is 0.203 e. The highest BCUT2D eigenvalue weighted by atomic mass is 79.9. The zero-order valence-corrected chi connectivity index (χ0v) is 9.49. The molecule has 0 unspecified atom stereocenters. The monoisotopic (exact) mass is 298 g/mol. The molecule has 0 radical (unpaired) electrons. The van der Waals surface area contributed by atoms with Crippen molar-refractivity contribution < 1.29 is 17.6 Å². The molecular weight excluding hydrogens is 296 g/mol. The smallest absolute Gasteiger partial charge is 0.198 e. The lowest BCUT2D eigenvalue weighted by Gasteiger charge is -2.01. The van der Waals surface area contributed by atoms with Crippen LogP contribution in [0.4, 0.5) is 17.6 Å². The molecule has 0 bridgehead atoms. The summed E-state index contributed by atoms with van der Waals surface area (Å²) in [7, 11) is 0. The second-order valence-corrected chi connectivity index (χ2v) is 4.30. The average molecular weight is 299 g/mol. The SMILES string of the molecule is Fc1c(F)c(F)c2c(CBr)csc2c1F. The van der Waals surface area contributed by atoms with Gasteiger partial charge >= 0.3 is 0 Å². The Balaban J connectivity index is 2.97. The minimum atomic E-state index is -1.76. The van der Waals surface area contributed by atoms with Crippen LogP contribution in [0.2, 0.25) is 0 Å². The Labute approximate surface area is 94.6 Å². The van der Waals surface area contributed by atoms with E-state index in [4.69, 9.17) is 0 Å². The summed E-state index contributed by atoms with van der Waals surface area (Å²) in [5.74, 6) is -6.19. The summed E-state index contributed by atoms with van der Waals surface area (Å²) in [4.78, 5) is 0. The molecule has 6 heteroatoms. The molecular formula is C9H3BrF4S. The quantitative estimate of drug-likeness (QED) is 0.318. The van der Waals surface area contributed by atoms with E-state index >= 15 is 0 Å². The van der Waals surface area contributed by atoms with Gasteiger partial charge in [-0.3, -0.25) is 0 Å². The number of fused-ring (bicyclic) bond motifs is 1. The van der Waals surface area contributed by atoms with Crippen LogP contribution in [0.3, 0.4) is 0 Å². The fourth-order valence-electron chi connectivity index (χ4n) is 1.30. The van der Waals surface area contributed by atoms with E-state index in [1.54, 1.807) is 0 Å². The van der Waals surface area contributed by atoms with E-state index in [0.717, 1.165) is 11.3 Å². The first-order chi connectivity index (χ1) is 7.07. The second kappa shape index (κ2) is 3.75. The van der Waals surface area contributed by atoms with Crippen molar-refractivity contribution in [2.24, 2.45) is 0 Å². The minimum absolute atomic E-state index is 0.187. The second-order valence-electron chi connectivity index (χ2n) is 2.85. The van der Waals surface area contributed by atoms with Crippen LogP contribution < -0.4 is 0 Å². The van der Waals surface area contributed by atoms with E-state index in [1.165, 1.54) is 5.38 Å². The topological polar surface area (TPSA) is 0 Å². The van der Waals surface area contributed by atoms with E-state index in [9.17, 15) is 17.6 Å². The van der Waals surface area contributed by atoms with Crippen LogP contribution in [0.25, 0.3) is 10.1 Å². The molecule has 0 atom stereocenters. The Kier molecular flexibility index (Phi) is 2.72. The molecule has 0 amide bonds. The molecule has 0 saturated carbocycles. The van der Waals surface area contributed by atoms with Crippen molar-refractivity contribution in [1.82, 2.24) is 0 Å². The first-order valence-electron chi connectivity index (χ1n) is 3.86. The van der Waals surface area contributed by atoms with Crippen LogP contribution in [0, 0.1) is 23.3 Å². The van der Waals surface area contributed by atoms with Gasteiger partial charge in [-0.15, -0.1) is 11.3 Å². The van der Waals surface area contributed by atoms with Gasteiger partial charge in [0.2, 0.25) is 0 Å². The van der Waals surface area contributed by atoms with Gasteiger partial charge in [0.25, 0.3) is 0 Å². The van der Waals surface area contributed by atoms with Crippen LogP contribution in [-0.4, -0.2) is 0 Å². The fraction of sp³-hybridized carbons (Fsp3) is 0.111. The van der Waals surface area contributed by atoms with E-state index < -0.39 is 23.3 Å². The summed E-state index contributed by atoms with van der Waals surface area (Å²) in [6.45, 7) is 0. The summed E-state index contributed by atoms with van der Waals surface area (Å²) in [6.07, 6.45) is 0. The Bertz CT molecular complexity index is 535. The van der Waals surface area contributed by atoms with Crippen molar-refractivity contribution in [1.29, 1.82) is 0 Å². The molecule has 0 aliphatic rings. The number of hydrogen-bond acceptors (Lipinski definition) is 1. The Morgan fingerprint density at radius 3 is 2.20 bits per heavy atom. The van der Waals surface area contributed by atoms with Gasteiger partial charge in [0.15, 0.2) is 23.3 Å². The maximum atomic E-state index is 13.3. The number of halogens is 5. The highest BCUT2D eigenvalue weighted by Gasteiger charge is 2.23. The number of rotatable bonds is 1. The van der Waals surface area contributed by atoms with Crippen molar-refractivity contribution >= 4 is 37.4 Å². The molecule has 0 fully saturated rings. The number of thiophene rings is 1. The predicted molar refractivity (Wildman–Crippen MR) is 54.3 cm³/mol. The van der Waals surface area contributed by atoms with Gasteiger partial charge in [0.05, 0.1) is 4.70 Å². The van der Waals surface area contributed by atoms with E-state index in [-0.39, 0.29) is 15.4 Å². The molecule has 0 nitrogen and oxygen atoms in total. The van der Waals surface area contributed by atoms with Crippen LogP contribution in [0.5, 0.6) is 0 Å². The number of alkyl halides is 1. The minimum Gasteiger partial charge on any atom is -0.203 e. The lowest BCUT2D eigenvalue weighted by atomic mass is 10.1. The molecule has 80 valence electrons. The molecule has 0 aliphatic carbocycles. The van der Waals surface area contributed by atoms with Gasteiger partial charge in [0, 0.05) is 10.7 Å². The van der Waals surface area contributed by atoms with Crippen LogP contribution in [0.15, 0.2) is 5.38 Å². The molecule has 0 N–H and O–H groups in total. The molecule has 2 rings (SSSR count). The summed E-state index contributed by atoms with van der Waals surface area (Å²) >= 11 is 3.91. The summed E-state index contributed by atoms with van der Waals surface area (Å²) < 4.78 is 52.1. The lowest BCUT2D eigenvalue weighted by molar-refractivity contribution is 0.418. The zero-order valence-electron chi connectivity index (χ0n) is 7.08. The van der Waals surface area contributed by atoms with Crippen molar-refractivity contribution in [2.75, 3.05) is 0 Å². The van der Waals surface area contributed by atoms with Crippen LogP contribution >= 0.6 is 27.3 Å². The Morgan fingerprint density at radius 2 is 1.60 bits per heavy atom. The zero-order chi connectivity index (χ0) is 11.2. The van der Waals surface area contributed by atoms with Crippen molar-refractivity contribution in [3.05, 3.63) is 34.2 Å². The Morgan fingerprint density at radius 1 is 1.00 bits per heavy atom. The molecule has 1 aromatic heterocycles. The third-order valence-electron chi connectivity index (χ3n) is 2.01. The lowest BCUT2D eigenvalue weighted by Crippen LogP contribution is -1.96. The summed E-state index contributed by atoms with van der Waals surface area (Å²) in [5.41, 5.74) is 0.408. The standard InChI is InChI=1S/C9H3BrF4S/c10-1-3-2-15-9-4(3)5(11)6(12)7(13)8(9)14/h2H,1H2. The van der Waals surface area contributed by atoms with Gasteiger partial charge < -0.3 is 0 Å². The van der Waals surface area contributed by atoms with Crippen molar-refractivity contribution in [3.63, 3.8) is 0 Å². The molecule has 0 saturated heterocycles. The third-order valence-corrected chi connectivity index (χ3v) is 3.63. The molecule has 0 aliphatic heterocycles. The fourth-order valence-corrected chi connectivity index (χ4v) is 2.95. The van der Waals surface area contributed by atoms with Crippen LogP contribution in [0.1, 0.15) is 5.56 Å². The predicted octanol–water partition coefficient (Wildman–Crippen LogP) is 4.35. The first kappa shape index (κ1) is 10.9. The normalized spacial score (nSPS) is 11.3. The highest BCUT2D eigenvalue weighted by Crippen LogP contribution is 2.34. The van der Waals surface area contributed by atoms with E-state index in [0.29, 0.717) is 5.56 Å². The van der Waals surface area contributed by atoms with Gasteiger partial charge in [-0.25, -0.2) is 17.6 Å². The molecule has 1 aromatic carbocycles. The number of hydrogen-bond donors (Lipinski definition) is 0. The molecule has 0 spiro atoms. The molecule has 1 heterocycles. The molecule has 2 aromatic rings. The maximum Gasteiger partial charge on any atom is 0.198 e. The summed E-state index contributed by atoms with van der Waals surface area (Å²) in [5, 5.41) is 1.53.